The number of hydrogen-bond donors (Lipinski definition) is 4. The minimum Gasteiger partial charge on any atom is -0.384 e. The smallest absolute Gasteiger partial charge is 0.231 e. The molecule has 2 aromatic rings. The first-order valence-corrected chi connectivity index (χ1v) is 11.3. The largest absolute Gasteiger partial charge is 0.384 e. The topological polar surface area (TPSA) is 150 Å². The molecule has 3 rings (SSSR count). The summed E-state index contributed by atoms with van der Waals surface area (Å²) >= 11 is 0. The number of carbonyl (C=O) groups is 1. The summed E-state index contributed by atoms with van der Waals surface area (Å²) < 4.78 is 10.5. The number of rotatable bonds is 8. The highest BCUT2D eigenvalue weighted by atomic mass is 16.5. The van der Waals surface area contributed by atoms with Gasteiger partial charge >= 0.3 is 0 Å². The van der Waals surface area contributed by atoms with Crippen LogP contribution in [0.3, 0.4) is 0 Å². The zero-order chi connectivity index (χ0) is 24.7. The summed E-state index contributed by atoms with van der Waals surface area (Å²) in [5.74, 6) is 0.281. The number of ether oxygens (including phenoxy) is 1. The van der Waals surface area contributed by atoms with E-state index in [2.05, 4.69) is 36.6 Å². The second-order valence-corrected chi connectivity index (χ2v) is 9.65. The van der Waals surface area contributed by atoms with Gasteiger partial charge in [0.2, 0.25) is 11.8 Å². The molecule has 0 bridgehead atoms. The van der Waals surface area contributed by atoms with Gasteiger partial charge in [0.1, 0.15) is 17.5 Å². The highest BCUT2D eigenvalue weighted by molar-refractivity contribution is 6.13. The number of anilines is 1. The molecule has 2 heterocycles. The number of nitrogens with one attached hydrogen (secondary N) is 3. The highest BCUT2D eigenvalue weighted by Gasteiger charge is 2.19. The van der Waals surface area contributed by atoms with E-state index in [0.29, 0.717) is 24.7 Å². The number of aromatic nitrogens is 1. The van der Waals surface area contributed by atoms with Crippen molar-refractivity contribution in [2.75, 3.05) is 18.5 Å². The maximum atomic E-state index is 12.4. The van der Waals surface area contributed by atoms with E-state index >= 15 is 0 Å². The predicted octanol–water partition coefficient (Wildman–Crippen LogP) is 3.27. The molecule has 0 radical (unpaired) electrons. The monoisotopic (exact) mass is 464 g/mol. The quantitative estimate of drug-likeness (QED) is 0.346. The third-order valence-corrected chi connectivity index (χ3v) is 5.35. The van der Waals surface area contributed by atoms with Crippen LogP contribution in [0.4, 0.5) is 5.88 Å². The molecule has 1 aliphatic rings. The fraction of sp³-hybridized carbons (Fsp3) is 0.440. The normalized spacial score (nSPS) is 15.2. The van der Waals surface area contributed by atoms with Crippen LogP contribution in [0.15, 0.2) is 46.2 Å². The third-order valence-electron chi connectivity index (χ3n) is 5.35. The lowest BCUT2D eigenvalue weighted by Crippen LogP contribution is -2.38. The standard InChI is InChI=1S/C25H32N6O3/c1-25(2,3)14-19-13-22(34-31-19)30-21(32)12-16-4-6-17(7-5-16)23(27)20(15-26)24(28)29-18-8-10-33-11-9-18/h4-7,13,18,27,29H,8-12,14,28H2,1-3H3,(H,30,32)/b24-20-,27-23?. The molecule has 180 valence electrons. The summed E-state index contributed by atoms with van der Waals surface area (Å²) in [7, 11) is 0. The molecule has 1 amide bonds. The first kappa shape index (κ1) is 25.0. The summed E-state index contributed by atoms with van der Waals surface area (Å²) in [6, 6.07) is 10.8. The van der Waals surface area contributed by atoms with Gasteiger partial charge in [0.05, 0.1) is 17.8 Å². The van der Waals surface area contributed by atoms with Crippen LogP contribution in [0.2, 0.25) is 0 Å². The number of benzene rings is 1. The second-order valence-electron chi connectivity index (χ2n) is 9.65. The molecule has 0 atom stereocenters. The van der Waals surface area contributed by atoms with E-state index in [0.717, 1.165) is 30.5 Å². The van der Waals surface area contributed by atoms with E-state index in [1.54, 1.807) is 30.3 Å². The van der Waals surface area contributed by atoms with E-state index in [9.17, 15) is 10.1 Å². The number of nitrogens with zero attached hydrogens (tertiary/aromatic N) is 2. The van der Waals surface area contributed by atoms with Crippen LogP contribution < -0.4 is 16.4 Å². The van der Waals surface area contributed by atoms with Crippen LogP contribution in [0, 0.1) is 22.2 Å². The second kappa shape index (κ2) is 11.0. The van der Waals surface area contributed by atoms with Crippen LogP contribution >= 0.6 is 0 Å². The lowest BCUT2D eigenvalue weighted by molar-refractivity contribution is -0.115. The fourth-order valence-electron chi connectivity index (χ4n) is 3.68. The molecule has 0 saturated carbocycles. The van der Waals surface area contributed by atoms with E-state index in [1.807, 2.05) is 6.07 Å². The molecule has 9 heteroatoms. The number of nitrogens with two attached hydrogens (primary N) is 1. The number of carbonyl (C=O) groups excluding carboxylic acids is 1. The number of nitriles is 1. The van der Waals surface area contributed by atoms with Crippen LogP contribution in [0.1, 0.15) is 50.4 Å². The van der Waals surface area contributed by atoms with Crippen LogP contribution in [0.25, 0.3) is 0 Å². The van der Waals surface area contributed by atoms with Crippen molar-refractivity contribution in [2.45, 2.75) is 52.5 Å². The van der Waals surface area contributed by atoms with E-state index < -0.39 is 0 Å². The summed E-state index contributed by atoms with van der Waals surface area (Å²) in [4.78, 5) is 12.4. The van der Waals surface area contributed by atoms with Gasteiger partial charge in [-0.25, -0.2) is 0 Å². The number of hydrogen-bond acceptors (Lipinski definition) is 8. The zero-order valence-corrected chi connectivity index (χ0v) is 19.9. The van der Waals surface area contributed by atoms with E-state index in [4.69, 9.17) is 20.4 Å². The summed E-state index contributed by atoms with van der Waals surface area (Å²) in [5.41, 5.74) is 8.38. The Bertz CT molecular complexity index is 1080. The van der Waals surface area contributed by atoms with Gasteiger partial charge in [0, 0.05) is 30.9 Å². The van der Waals surface area contributed by atoms with Crippen LogP contribution in [0.5, 0.6) is 0 Å². The first-order chi connectivity index (χ1) is 16.1. The molecule has 1 saturated heterocycles. The SMILES string of the molecule is CC(C)(C)Cc1cc(NC(=O)Cc2ccc(C(=N)/C(C#N)=C(/N)NC3CCOCC3)cc2)on1. The first-order valence-electron chi connectivity index (χ1n) is 11.3. The van der Waals surface area contributed by atoms with Crippen molar-refractivity contribution in [3.8, 4) is 6.07 Å². The maximum absolute atomic E-state index is 12.4. The Balaban J connectivity index is 1.59. The highest BCUT2D eigenvalue weighted by Crippen LogP contribution is 2.22. The average Bonchev–Trinajstić information content (AvgIpc) is 3.20. The van der Waals surface area contributed by atoms with Gasteiger partial charge in [0.15, 0.2) is 0 Å². The minimum absolute atomic E-state index is 0.0311. The Morgan fingerprint density at radius 1 is 1.26 bits per heavy atom. The van der Waals surface area contributed by atoms with Crippen molar-refractivity contribution in [3.63, 3.8) is 0 Å². The number of allylic oxidation sites excluding steroid dienone is 1. The lowest BCUT2D eigenvalue weighted by atomic mass is 9.91. The van der Waals surface area contributed by atoms with Crippen molar-refractivity contribution in [3.05, 3.63) is 58.5 Å². The van der Waals surface area contributed by atoms with Gasteiger partial charge in [-0.05, 0) is 30.2 Å². The maximum Gasteiger partial charge on any atom is 0.231 e. The molecular formula is C25H32N6O3. The van der Waals surface area contributed by atoms with Crippen molar-refractivity contribution < 1.29 is 14.1 Å². The lowest BCUT2D eigenvalue weighted by Gasteiger charge is -2.24. The van der Waals surface area contributed by atoms with Gasteiger partial charge in [0.25, 0.3) is 0 Å². The molecule has 1 fully saturated rings. The van der Waals surface area contributed by atoms with Gasteiger partial charge < -0.3 is 20.3 Å². The predicted molar refractivity (Wildman–Crippen MR) is 129 cm³/mol. The molecule has 34 heavy (non-hydrogen) atoms. The zero-order valence-electron chi connectivity index (χ0n) is 19.9. The van der Waals surface area contributed by atoms with Crippen molar-refractivity contribution in [2.24, 2.45) is 11.1 Å². The average molecular weight is 465 g/mol. The van der Waals surface area contributed by atoms with Crippen molar-refractivity contribution in [1.82, 2.24) is 10.5 Å². The van der Waals surface area contributed by atoms with E-state index in [-0.39, 0.29) is 40.9 Å². The van der Waals surface area contributed by atoms with E-state index in [1.165, 1.54) is 0 Å². The Labute approximate surface area is 199 Å². The Morgan fingerprint density at radius 3 is 2.56 bits per heavy atom. The van der Waals surface area contributed by atoms with Crippen molar-refractivity contribution in [1.29, 1.82) is 10.7 Å². The molecule has 9 nitrogen and oxygen atoms in total. The molecule has 0 unspecified atom stereocenters. The summed E-state index contributed by atoms with van der Waals surface area (Å²) in [5, 5.41) is 27.9. The van der Waals surface area contributed by atoms with Crippen LogP contribution in [-0.2, 0) is 22.4 Å². The molecule has 1 aromatic heterocycles. The molecule has 0 spiro atoms. The molecule has 5 N–H and O–H groups in total. The van der Waals surface area contributed by atoms with Gasteiger partial charge in [-0.3, -0.25) is 15.5 Å². The summed E-state index contributed by atoms with van der Waals surface area (Å²) in [6.45, 7) is 7.61. The molecule has 1 aliphatic heterocycles. The molecular weight excluding hydrogens is 432 g/mol. The Morgan fingerprint density at radius 2 is 1.94 bits per heavy atom. The fourth-order valence-corrected chi connectivity index (χ4v) is 3.68. The Hall–Kier alpha value is -3.64. The van der Waals surface area contributed by atoms with Crippen molar-refractivity contribution >= 4 is 17.5 Å². The van der Waals surface area contributed by atoms with Crippen LogP contribution in [-0.4, -0.2) is 36.0 Å². The van der Waals surface area contributed by atoms with Gasteiger partial charge in [-0.1, -0.05) is 50.2 Å². The minimum atomic E-state index is -0.233. The summed E-state index contributed by atoms with van der Waals surface area (Å²) in [6.07, 6.45) is 2.48. The third kappa shape index (κ3) is 7.18. The molecule has 0 aliphatic carbocycles. The molecule has 1 aromatic carbocycles. The van der Waals surface area contributed by atoms with Gasteiger partial charge in [-0.2, -0.15) is 5.26 Å². The van der Waals surface area contributed by atoms with Gasteiger partial charge in [-0.15, -0.1) is 0 Å². The number of amides is 1. The Kier molecular flexibility index (Phi) is 8.08.